The van der Waals surface area contributed by atoms with Crippen molar-refractivity contribution in [2.24, 2.45) is 0 Å². The molecule has 0 fully saturated rings. The van der Waals surface area contributed by atoms with Gasteiger partial charge in [-0.05, 0) is 99.5 Å². The first-order valence-electron chi connectivity index (χ1n) is 17.8. The topological polar surface area (TPSA) is 121 Å². The highest BCUT2D eigenvalue weighted by Gasteiger charge is 2.28. The maximum Gasteiger partial charge on any atom is 0.408 e. The van der Waals surface area contributed by atoms with Crippen LogP contribution in [0.25, 0.3) is 11.1 Å². The van der Waals surface area contributed by atoms with E-state index in [1.807, 2.05) is 32.0 Å². The van der Waals surface area contributed by atoms with E-state index in [-0.39, 0.29) is 17.5 Å². The van der Waals surface area contributed by atoms with Crippen LogP contribution in [0.4, 0.5) is 9.18 Å². The second-order valence-corrected chi connectivity index (χ2v) is 13.5. The molecule has 1 aliphatic rings. The Morgan fingerprint density at radius 2 is 1.67 bits per heavy atom. The van der Waals surface area contributed by atoms with Crippen molar-refractivity contribution in [3.63, 3.8) is 0 Å². The van der Waals surface area contributed by atoms with Crippen LogP contribution in [0.2, 0.25) is 0 Å². The summed E-state index contributed by atoms with van der Waals surface area (Å²) in [5.41, 5.74) is 4.69. The number of carbonyl (C=O) groups is 3. The van der Waals surface area contributed by atoms with E-state index in [9.17, 15) is 18.8 Å². The SMILES string of the molecule is CCCc1c(OCCCOc2cc(OC(=O)C(C)NC(=O)OC(C)(C)C)c(-c3ccc(F)cc3)cc2CC)ccc2c1CC(C(=O)NCC)OC2. The quantitative estimate of drug-likeness (QED) is 0.0964. The van der Waals surface area contributed by atoms with Crippen molar-refractivity contribution in [2.45, 2.75) is 105 Å². The number of amides is 2. The number of hydrogen-bond donors (Lipinski definition) is 2. The van der Waals surface area contributed by atoms with Crippen LogP contribution >= 0.6 is 0 Å². The van der Waals surface area contributed by atoms with E-state index in [4.69, 9.17) is 23.7 Å². The minimum atomic E-state index is -1.01. The van der Waals surface area contributed by atoms with E-state index in [0.717, 1.165) is 40.8 Å². The molecule has 0 radical (unpaired) electrons. The molecule has 1 aliphatic heterocycles. The molecular formula is C40H51FN2O8. The van der Waals surface area contributed by atoms with Crippen LogP contribution in [0.1, 0.15) is 83.6 Å². The molecule has 0 aliphatic carbocycles. The number of esters is 1. The number of aryl methyl sites for hydroxylation is 1. The van der Waals surface area contributed by atoms with Crippen molar-refractivity contribution in [1.82, 2.24) is 10.6 Å². The molecule has 0 bridgehead atoms. The molecule has 276 valence electrons. The van der Waals surface area contributed by atoms with E-state index in [1.165, 1.54) is 19.1 Å². The molecule has 1 heterocycles. The van der Waals surface area contributed by atoms with Gasteiger partial charge in [-0.15, -0.1) is 0 Å². The molecule has 4 rings (SSSR count). The third-order valence-electron chi connectivity index (χ3n) is 8.26. The summed E-state index contributed by atoms with van der Waals surface area (Å²) >= 11 is 0. The zero-order valence-corrected chi connectivity index (χ0v) is 30.8. The van der Waals surface area contributed by atoms with E-state index in [2.05, 4.69) is 17.6 Å². The lowest BCUT2D eigenvalue weighted by Gasteiger charge is -2.27. The maximum absolute atomic E-state index is 13.8. The van der Waals surface area contributed by atoms with Gasteiger partial charge in [0.25, 0.3) is 0 Å². The highest BCUT2D eigenvalue weighted by Crippen LogP contribution is 2.37. The fourth-order valence-corrected chi connectivity index (χ4v) is 5.78. The number of rotatable bonds is 15. The zero-order chi connectivity index (χ0) is 37.1. The molecule has 0 spiro atoms. The lowest BCUT2D eigenvalue weighted by Crippen LogP contribution is -2.43. The number of nitrogens with one attached hydrogen (secondary N) is 2. The number of carbonyl (C=O) groups excluding carboxylic acids is 3. The van der Waals surface area contributed by atoms with Gasteiger partial charge in [-0.1, -0.05) is 38.5 Å². The van der Waals surface area contributed by atoms with Crippen molar-refractivity contribution in [1.29, 1.82) is 0 Å². The lowest BCUT2D eigenvalue weighted by atomic mass is 9.91. The summed E-state index contributed by atoms with van der Waals surface area (Å²) in [4.78, 5) is 38.0. The smallest absolute Gasteiger partial charge is 0.408 e. The first-order valence-corrected chi connectivity index (χ1v) is 17.8. The average Bonchev–Trinajstić information content (AvgIpc) is 3.08. The monoisotopic (exact) mass is 706 g/mol. The zero-order valence-electron chi connectivity index (χ0n) is 30.8. The largest absolute Gasteiger partial charge is 0.493 e. The highest BCUT2D eigenvalue weighted by molar-refractivity contribution is 5.85. The van der Waals surface area contributed by atoms with Crippen molar-refractivity contribution >= 4 is 18.0 Å². The van der Waals surface area contributed by atoms with Crippen LogP contribution in [0.15, 0.2) is 48.5 Å². The Hall–Kier alpha value is -4.64. The van der Waals surface area contributed by atoms with Crippen LogP contribution in [-0.2, 0) is 44.9 Å². The van der Waals surface area contributed by atoms with Gasteiger partial charge in [0.2, 0.25) is 5.91 Å². The predicted octanol–water partition coefficient (Wildman–Crippen LogP) is 7.25. The second-order valence-electron chi connectivity index (χ2n) is 13.5. The molecule has 51 heavy (non-hydrogen) atoms. The standard InChI is InChI=1S/C40H51FN2O8/c1-8-12-30-31-22-36(37(44)42-10-3)49-24-28(31)15-18-33(30)47-19-11-20-48-34-23-35(50-38(45)25(4)43-39(46)51-40(5,6)7)32(21-26(34)9-2)27-13-16-29(41)17-14-27/h13-18,21,23,25,36H,8-12,19-20,22,24H2,1-7H3,(H,42,44)(H,43,46). The van der Waals surface area contributed by atoms with Gasteiger partial charge in [-0.3, -0.25) is 4.79 Å². The molecule has 3 aromatic carbocycles. The maximum atomic E-state index is 13.8. The molecule has 2 amide bonds. The number of benzene rings is 3. The summed E-state index contributed by atoms with van der Waals surface area (Å²) in [5, 5.41) is 5.37. The molecule has 0 aromatic heterocycles. The predicted molar refractivity (Wildman–Crippen MR) is 193 cm³/mol. The fraction of sp³-hybridized carbons (Fsp3) is 0.475. The summed E-state index contributed by atoms with van der Waals surface area (Å²) in [6.45, 7) is 14.4. The number of ether oxygens (including phenoxy) is 5. The minimum absolute atomic E-state index is 0.101. The summed E-state index contributed by atoms with van der Waals surface area (Å²) in [6, 6.07) is 12.4. The van der Waals surface area contributed by atoms with Crippen LogP contribution < -0.4 is 24.8 Å². The second kappa shape index (κ2) is 18.0. The van der Waals surface area contributed by atoms with Gasteiger partial charge in [-0.2, -0.15) is 0 Å². The van der Waals surface area contributed by atoms with Gasteiger partial charge < -0.3 is 34.3 Å². The van der Waals surface area contributed by atoms with Gasteiger partial charge in [0.1, 0.15) is 40.8 Å². The van der Waals surface area contributed by atoms with Gasteiger partial charge in [0, 0.05) is 31.0 Å². The van der Waals surface area contributed by atoms with E-state index >= 15 is 0 Å². The third kappa shape index (κ3) is 10.9. The fourth-order valence-electron chi connectivity index (χ4n) is 5.78. The van der Waals surface area contributed by atoms with Gasteiger partial charge >= 0.3 is 12.1 Å². The normalized spacial score (nSPS) is 14.5. The summed E-state index contributed by atoms with van der Waals surface area (Å²) in [5.74, 6) is 0.353. The number of likely N-dealkylation sites (N-methyl/N-ethyl adjacent to an activating group) is 1. The Bertz CT molecular complexity index is 1670. The van der Waals surface area contributed by atoms with E-state index < -0.39 is 29.8 Å². The van der Waals surface area contributed by atoms with Crippen LogP contribution in [0, 0.1) is 5.82 Å². The Labute approximate surface area is 300 Å². The van der Waals surface area contributed by atoms with Crippen LogP contribution in [0.3, 0.4) is 0 Å². The summed E-state index contributed by atoms with van der Waals surface area (Å²) in [7, 11) is 0. The molecule has 2 unspecified atom stereocenters. The Balaban J connectivity index is 1.47. The number of fused-ring (bicyclic) bond motifs is 1. The Morgan fingerprint density at radius 3 is 2.31 bits per heavy atom. The highest BCUT2D eigenvalue weighted by atomic mass is 19.1. The molecule has 11 heteroatoms. The van der Waals surface area contributed by atoms with Crippen molar-refractivity contribution in [2.75, 3.05) is 19.8 Å². The van der Waals surface area contributed by atoms with Gasteiger partial charge in [-0.25, -0.2) is 14.0 Å². The van der Waals surface area contributed by atoms with E-state index in [0.29, 0.717) is 62.5 Å². The molecule has 2 atom stereocenters. The molecule has 3 aromatic rings. The van der Waals surface area contributed by atoms with Crippen molar-refractivity contribution in [3.05, 3.63) is 76.6 Å². The van der Waals surface area contributed by atoms with Gasteiger partial charge in [0.05, 0.1) is 19.8 Å². The first-order chi connectivity index (χ1) is 24.3. The average molecular weight is 707 g/mol. The first kappa shape index (κ1) is 39.2. The number of hydrogen-bond acceptors (Lipinski definition) is 8. The summed E-state index contributed by atoms with van der Waals surface area (Å²) in [6.07, 6.45) is 2.20. The molecule has 0 saturated heterocycles. The third-order valence-corrected chi connectivity index (χ3v) is 8.26. The molecular weight excluding hydrogens is 655 g/mol. The molecule has 0 saturated carbocycles. The Morgan fingerprint density at radius 1 is 0.961 bits per heavy atom. The van der Waals surface area contributed by atoms with E-state index in [1.54, 1.807) is 39.0 Å². The van der Waals surface area contributed by atoms with Crippen LogP contribution in [-0.4, -0.2) is 55.5 Å². The summed E-state index contributed by atoms with van der Waals surface area (Å²) < 4.78 is 43.2. The van der Waals surface area contributed by atoms with Crippen molar-refractivity contribution in [3.8, 4) is 28.4 Å². The molecule has 10 nitrogen and oxygen atoms in total. The van der Waals surface area contributed by atoms with Crippen LogP contribution in [0.5, 0.6) is 17.2 Å². The minimum Gasteiger partial charge on any atom is -0.493 e. The number of halogens is 1. The van der Waals surface area contributed by atoms with Gasteiger partial charge in [0.15, 0.2) is 0 Å². The van der Waals surface area contributed by atoms with Crippen molar-refractivity contribution < 1.29 is 42.5 Å². The lowest BCUT2D eigenvalue weighted by molar-refractivity contribution is -0.136. The molecule has 2 N–H and O–H groups in total. The Kier molecular flexibility index (Phi) is 13.8. The number of alkyl carbamates (subject to hydrolysis) is 1.